The van der Waals surface area contributed by atoms with Crippen molar-refractivity contribution in [3.8, 4) is 0 Å². The highest BCUT2D eigenvalue weighted by molar-refractivity contribution is 5.73. The van der Waals surface area contributed by atoms with Gasteiger partial charge in [0, 0.05) is 13.8 Å². The van der Waals surface area contributed by atoms with Crippen LogP contribution in [0.3, 0.4) is 0 Å². The summed E-state index contributed by atoms with van der Waals surface area (Å²) in [5, 5.41) is 186. The maximum Gasteiger partial charge on any atom is 0.217 e. The van der Waals surface area contributed by atoms with Gasteiger partial charge in [-0.3, -0.25) is 9.59 Å². The quantitative estimate of drug-likeness (QED) is 0.0643. The molecular formula is C40H68N2O30. The fraction of sp³-hybridized carbons (Fsp3) is 0.950. The highest BCUT2D eigenvalue weighted by Gasteiger charge is 2.57. The Bertz CT molecular complexity index is 1730. The van der Waals surface area contributed by atoms with Gasteiger partial charge in [-0.15, -0.1) is 0 Å². The molecule has 0 aromatic carbocycles. The molecule has 2 amide bonds. The largest absolute Gasteiger partial charge is 0.394 e. The maximum absolute atomic E-state index is 12.6. The summed E-state index contributed by atoms with van der Waals surface area (Å²) in [6.45, 7) is -1.19. The lowest BCUT2D eigenvalue weighted by Crippen LogP contribution is -2.71. The third-order valence-corrected chi connectivity index (χ3v) is 13.2. The van der Waals surface area contributed by atoms with Gasteiger partial charge in [-0.25, -0.2) is 0 Å². The second kappa shape index (κ2) is 25.3. The molecule has 0 unspecified atom stereocenters. The first-order valence-electron chi connectivity index (χ1n) is 23.0. The van der Waals surface area contributed by atoms with E-state index < -0.39 is 229 Å². The van der Waals surface area contributed by atoms with E-state index >= 15 is 0 Å². The van der Waals surface area contributed by atoms with Crippen molar-refractivity contribution in [3.05, 3.63) is 0 Å². The SMILES string of the molecule is CC(=O)N[C@@H]1[C@@H](O[C@@H]2O[C@@H](C)[C@@H](O)[C@@H](O)[C@@H]2O)[C@H](O[C@@H]2O[C@H](CO)[C@@H](O[C@@H]3O[C@H](CO[C@H]4O[C@H](CO)[C@@H](O)[C@H](O[C@H]5O[C@H](CO)[C@@H](O)[C@H](O)[C@@H]5O)[C@@H]4O)[C@@H](O)[C@H](O)[C@@H]3O)[C@H](O)[C@H]2NC(C)=O)[C@@H](CO)O[C@H]1O. The van der Waals surface area contributed by atoms with E-state index in [-0.39, 0.29) is 0 Å². The van der Waals surface area contributed by atoms with E-state index in [9.17, 15) is 96.4 Å². The molecule has 0 aromatic rings. The molecule has 0 bridgehead atoms. The molecule has 6 fully saturated rings. The maximum atomic E-state index is 12.6. The molecule has 0 radical (unpaired) electrons. The number of nitrogens with one attached hydrogen (secondary N) is 2. The molecule has 418 valence electrons. The number of hydrogen-bond acceptors (Lipinski definition) is 30. The van der Waals surface area contributed by atoms with Crippen molar-refractivity contribution in [2.45, 2.75) is 205 Å². The third-order valence-electron chi connectivity index (χ3n) is 13.2. The Kier molecular flexibility index (Phi) is 20.8. The Hall–Kier alpha value is -2.18. The highest BCUT2D eigenvalue weighted by atomic mass is 16.8. The van der Waals surface area contributed by atoms with Gasteiger partial charge in [0.05, 0.1) is 39.1 Å². The second-order valence-corrected chi connectivity index (χ2v) is 18.3. The van der Waals surface area contributed by atoms with Crippen molar-refractivity contribution in [3.63, 3.8) is 0 Å². The number of aliphatic hydroxyl groups is 17. The van der Waals surface area contributed by atoms with Crippen LogP contribution in [-0.4, -0.2) is 316 Å². The zero-order valence-corrected chi connectivity index (χ0v) is 38.8. The molecule has 6 rings (SSSR count). The summed E-state index contributed by atoms with van der Waals surface area (Å²) in [5.74, 6) is -1.58. The van der Waals surface area contributed by atoms with Crippen molar-refractivity contribution in [2.75, 3.05) is 33.0 Å². The number of carbonyl (C=O) groups is 2. The number of carbonyl (C=O) groups excluding carboxylic acids is 2. The van der Waals surface area contributed by atoms with Crippen LogP contribution in [0.4, 0.5) is 0 Å². The molecule has 0 aromatic heterocycles. The summed E-state index contributed by atoms with van der Waals surface area (Å²) >= 11 is 0. The van der Waals surface area contributed by atoms with Gasteiger partial charge in [0.15, 0.2) is 37.7 Å². The van der Waals surface area contributed by atoms with Crippen LogP contribution in [0.1, 0.15) is 20.8 Å². The highest BCUT2D eigenvalue weighted by Crippen LogP contribution is 2.36. The van der Waals surface area contributed by atoms with Gasteiger partial charge >= 0.3 is 0 Å². The van der Waals surface area contributed by atoms with E-state index in [0.29, 0.717) is 0 Å². The molecule has 0 aliphatic carbocycles. The van der Waals surface area contributed by atoms with E-state index in [1.54, 1.807) is 0 Å². The molecular weight excluding hydrogens is 988 g/mol. The Morgan fingerprint density at radius 2 is 0.806 bits per heavy atom. The summed E-state index contributed by atoms with van der Waals surface area (Å²) in [4.78, 5) is 25.0. The normalized spacial score (nSPS) is 50.3. The van der Waals surface area contributed by atoms with Crippen LogP contribution in [0.5, 0.6) is 0 Å². The van der Waals surface area contributed by atoms with Crippen LogP contribution in [-0.2, 0) is 61.7 Å². The molecule has 0 spiro atoms. The number of aliphatic hydroxyl groups excluding tert-OH is 17. The fourth-order valence-corrected chi connectivity index (χ4v) is 9.15. The Labute approximate surface area is 408 Å². The van der Waals surface area contributed by atoms with Crippen molar-refractivity contribution in [1.82, 2.24) is 10.6 Å². The average Bonchev–Trinajstić information content (AvgIpc) is 3.34. The summed E-state index contributed by atoms with van der Waals surface area (Å²) in [6.07, 6.45) is -51.0. The molecule has 6 aliphatic heterocycles. The van der Waals surface area contributed by atoms with Gasteiger partial charge in [-0.1, -0.05) is 0 Å². The molecule has 0 saturated carbocycles. The van der Waals surface area contributed by atoms with Crippen LogP contribution < -0.4 is 10.6 Å². The molecule has 72 heavy (non-hydrogen) atoms. The van der Waals surface area contributed by atoms with Gasteiger partial charge in [0.1, 0.15) is 140 Å². The van der Waals surface area contributed by atoms with Gasteiger partial charge in [-0.2, -0.15) is 0 Å². The molecule has 6 heterocycles. The fourth-order valence-electron chi connectivity index (χ4n) is 9.15. The van der Waals surface area contributed by atoms with E-state index in [0.717, 1.165) is 13.8 Å². The van der Waals surface area contributed by atoms with Gasteiger partial charge in [-0.05, 0) is 6.92 Å². The van der Waals surface area contributed by atoms with Crippen molar-refractivity contribution in [2.24, 2.45) is 0 Å². The van der Waals surface area contributed by atoms with Gasteiger partial charge in [0.25, 0.3) is 0 Å². The van der Waals surface area contributed by atoms with E-state index in [2.05, 4.69) is 10.6 Å². The molecule has 19 N–H and O–H groups in total. The molecule has 32 heteroatoms. The molecule has 30 atom stereocenters. The zero-order chi connectivity index (χ0) is 53.2. The topological polar surface area (TPSA) is 504 Å². The Morgan fingerprint density at radius 3 is 1.36 bits per heavy atom. The van der Waals surface area contributed by atoms with E-state index in [4.69, 9.17) is 52.1 Å². The van der Waals surface area contributed by atoms with Crippen LogP contribution in [0, 0.1) is 0 Å². The first-order valence-corrected chi connectivity index (χ1v) is 23.0. The van der Waals surface area contributed by atoms with Crippen molar-refractivity contribution < 1.29 is 149 Å². The minimum atomic E-state index is -2.14. The number of amides is 2. The first kappa shape index (κ1) is 59.1. The molecule has 32 nitrogen and oxygen atoms in total. The minimum Gasteiger partial charge on any atom is -0.394 e. The second-order valence-electron chi connectivity index (χ2n) is 18.3. The van der Waals surface area contributed by atoms with Crippen LogP contribution in [0.25, 0.3) is 0 Å². The van der Waals surface area contributed by atoms with Crippen LogP contribution in [0.2, 0.25) is 0 Å². The zero-order valence-electron chi connectivity index (χ0n) is 38.8. The molecule has 6 saturated heterocycles. The monoisotopic (exact) mass is 1060 g/mol. The number of ether oxygens (including phenoxy) is 11. The summed E-state index contributed by atoms with van der Waals surface area (Å²) in [5.41, 5.74) is 0. The Balaban J connectivity index is 1.19. The summed E-state index contributed by atoms with van der Waals surface area (Å²) in [7, 11) is 0. The standard InChI is InChI=1S/C40H68N2O30/c1-9-19(49)24(54)27(57)38(63-9)71-33-18(42-11(3)48)35(61)64-15(7-46)32(33)70-36-17(41-10(2)47)23(53)31(14(6-45)67-36)69-40-29(59)26(56)21(51)16(68-40)8-62-37-30(60)34(22(52)13(5-44)65-37)72-39-28(58)25(55)20(50)12(4-43)66-39/h9,12-40,43-46,49-61H,4-8H2,1-3H3,(H,41,47)(H,42,48)/t9-,12+,13+,14+,15+,16+,17+,18+,19+,20+,21+,22+,23+,24+,25-,26-,27-,28-,29-,30-,31+,32+,33+,34-,35+,36-,37-,38-,39+,40-/m0/s1. The van der Waals surface area contributed by atoms with Crippen LogP contribution in [0.15, 0.2) is 0 Å². The van der Waals surface area contributed by atoms with Crippen LogP contribution >= 0.6 is 0 Å². The predicted octanol–water partition coefficient (Wildman–Crippen LogP) is -12.8. The number of hydrogen-bond donors (Lipinski definition) is 19. The predicted molar refractivity (Wildman–Crippen MR) is 221 cm³/mol. The third kappa shape index (κ3) is 12.6. The first-order chi connectivity index (χ1) is 34.0. The van der Waals surface area contributed by atoms with Gasteiger partial charge < -0.3 is 150 Å². The Morgan fingerprint density at radius 1 is 0.389 bits per heavy atom. The minimum absolute atomic E-state index is 0.755. The van der Waals surface area contributed by atoms with Gasteiger partial charge in [0.2, 0.25) is 11.8 Å². The van der Waals surface area contributed by atoms with Crippen molar-refractivity contribution in [1.29, 1.82) is 0 Å². The molecule has 6 aliphatic rings. The smallest absolute Gasteiger partial charge is 0.217 e. The lowest BCUT2D eigenvalue weighted by Gasteiger charge is -2.51. The van der Waals surface area contributed by atoms with E-state index in [1.807, 2.05) is 0 Å². The summed E-state index contributed by atoms with van der Waals surface area (Å²) in [6, 6.07) is -3.35. The van der Waals surface area contributed by atoms with E-state index in [1.165, 1.54) is 6.92 Å². The van der Waals surface area contributed by atoms with Crippen molar-refractivity contribution >= 4 is 11.8 Å². The average molecular weight is 1060 g/mol. The summed E-state index contributed by atoms with van der Waals surface area (Å²) < 4.78 is 62.9. The lowest BCUT2D eigenvalue weighted by atomic mass is 9.93. The number of rotatable bonds is 17. The lowest BCUT2D eigenvalue weighted by molar-refractivity contribution is -0.378.